The number of carbonyl (C=O) groups excluding carboxylic acids is 1. The Labute approximate surface area is 175 Å². The van der Waals surface area contributed by atoms with E-state index in [4.69, 9.17) is 4.74 Å². The molecule has 1 aliphatic heterocycles. The van der Waals surface area contributed by atoms with Crippen LogP contribution in [0.3, 0.4) is 0 Å². The van der Waals surface area contributed by atoms with Crippen LogP contribution in [-0.2, 0) is 6.54 Å². The monoisotopic (exact) mass is 408 g/mol. The van der Waals surface area contributed by atoms with Crippen molar-refractivity contribution in [1.29, 1.82) is 0 Å². The van der Waals surface area contributed by atoms with E-state index in [0.29, 0.717) is 30.2 Å². The van der Waals surface area contributed by atoms with E-state index in [1.165, 1.54) is 6.42 Å². The second kappa shape index (κ2) is 8.75. The number of carbonyl (C=O) groups is 1. The molecule has 1 atom stereocenters. The number of likely N-dealkylation sites (tertiary alicyclic amines) is 1. The molecule has 4 rings (SSSR count). The topological polar surface area (TPSA) is 79.4 Å². The summed E-state index contributed by atoms with van der Waals surface area (Å²) in [6.07, 6.45) is 2.30. The summed E-state index contributed by atoms with van der Waals surface area (Å²) in [6.45, 7) is 5.37. The third-order valence-corrected chi connectivity index (χ3v) is 5.94. The third kappa shape index (κ3) is 4.11. The molecule has 2 aromatic carbocycles. The third-order valence-electron chi connectivity index (χ3n) is 5.94. The Morgan fingerprint density at radius 3 is 2.77 bits per heavy atom. The number of H-pyrrole nitrogens is 1. The molecule has 1 unspecified atom stereocenters. The van der Waals surface area contributed by atoms with Gasteiger partial charge in [0.2, 0.25) is 0 Å². The maximum Gasteiger partial charge on any atom is 0.326 e. The van der Waals surface area contributed by atoms with Crippen LogP contribution in [0.2, 0.25) is 0 Å². The molecule has 7 nitrogen and oxygen atoms in total. The van der Waals surface area contributed by atoms with Crippen molar-refractivity contribution in [1.82, 2.24) is 19.8 Å². The number of nitrogens with zero attached hydrogens (tertiary/aromatic N) is 2. The van der Waals surface area contributed by atoms with Crippen LogP contribution in [0.25, 0.3) is 11.0 Å². The van der Waals surface area contributed by atoms with Gasteiger partial charge in [-0.25, -0.2) is 4.79 Å². The summed E-state index contributed by atoms with van der Waals surface area (Å²) < 4.78 is 6.86. The van der Waals surface area contributed by atoms with Gasteiger partial charge in [0.1, 0.15) is 5.75 Å². The van der Waals surface area contributed by atoms with E-state index in [1.807, 2.05) is 30.3 Å². The largest absolute Gasteiger partial charge is 0.497 e. The summed E-state index contributed by atoms with van der Waals surface area (Å²) in [5.41, 5.74) is 2.81. The fraction of sp³-hybridized carbons (Fsp3) is 0.391. The number of benzene rings is 2. The molecule has 1 aliphatic rings. The first-order valence-corrected chi connectivity index (χ1v) is 10.5. The van der Waals surface area contributed by atoms with Crippen LogP contribution >= 0.6 is 0 Å². The van der Waals surface area contributed by atoms with Gasteiger partial charge in [0.05, 0.1) is 24.7 Å². The molecule has 1 aromatic heterocycles. The zero-order chi connectivity index (χ0) is 21.1. The summed E-state index contributed by atoms with van der Waals surface area (Å²) in [5, 5.41) is 3.05. The highest BCUT2D eigenvalue weighted by atomic mass is 16.5. The molecule has 2 heterocycles. The molecule has 1 amide bonds. The number of imidazole rings is 1. The lowest BCUT2D eigenvalue weighted by atomic mass is 10.1. The van der Waals surface area contributed by atoms with Gasteiger partial charge in [-0.05, 0) is 61.8 Å². The molecule has 1 saturated heterocycles. The van der Waals surface area contributed by atoms with Crippen LogP contribution in [0.15, 0.2) is 47.3 Å². The van der Waals surface area contributed by atoms with E-state index in [9.17, 15) is 9.59 Å². The van der Waals surface area contributed by atoms with Crippen LogP contribution in [-0.4, -0.2) is 53.1 Å². The molecule has 7 heteroatoms. The lowest BCUT2D eigenvalue weighted by molar-refractivity contribution is 0.0941. The fourth-order valence-electron chi connectivity index (χ4n) is 4.23. The van der Waals surface area contributed by atoms with Crippen LogP contribution in [0.4, 0.5) is 0 Å². The first-order valence-electron chi connectivity index (χ1n) is 10.5. The Balaban J connectivity index is 1.49. The molecular weight excluding hydrogens is 380 g/mol. The van der Waals surface area contributed by atoms with Crippen LogP contribution < -0.4 is 15.7 Å². The van der Waals surface area contributed by atoms with Crippen molar-refractivity contribution >= 4 is 16.9 Å². The predicted molar refractivity (Wildman–Crippen MR) is 117 cm³/mol. The van der Waals surface area contributed by atoms with E-state index >= 15 is 0 Å². The number of aromatic nitrogens is 2. The van der Waals surface area contributed by atoms with E-state index in [0.717, 1.165) is 36.3 Å². The second-order valence-electron chi connectivity index (χ2n) is 7.73. The Morgan fingerprint density at radius 2 is 2.03 bits per heavy atom. The Kier molecular flexibility index (Phi) is 5.90. The van der Waals surface area contributed by atoms with Gasteiger partial charge >= 0.3 is 5.69 Å². The Morgan fingerprint density at radius 1 is 1.23 bits per heavy atom. The number of rotatable bonds is 7. The Hall–Kier alpha value is -3.06. The Bertz CT molecular complexity index is 1080. The minimum Gasteiger partial charge on any atom is -0.497 e. The summed E-state index contributed by atoms with van der Waals surface area (Å²) in [7, 11) is 1.63. The zero-order valence-corrected chi connectivity index (χ0v) is 17.5. The fourth-order valence-corrected chi connectivity index (χ4v) is 4.23. The van der Waals surface area contributed by atoms with Gasteiger partial charge < -0.3 is 15.0 Å². The highest BCUT2D eigenvalue weighted by Crippen LogP contribution is 2.18. The van der Waals surface area contributed by atoms with Gasteiger partial charge in [0.25, 0.3) is 5.91 Å². The van der Waals surface area contributed by atoms with Gasteiger partial charge in [0.15, 0.2) is 0 Å². The maximum absolute atomic E-state index is 12.6. The number of ether oxygens (including phenoxy) is 1. The van der Waals surface area contributed by atoms with Gasteiger partial charge in [0, 0.05) is 18.2 Å². The van der Waals surface area contributed by atoms with Gasteiger partial charge in [-0.2, -0.15) is 0 Å². The van der Waals surface area contributed by atoms with Crippen LogP contribution in [0.1, 0.15) is 35.7 Å². The normalized spacial score (nSPS) is 16.8. The van der Waals surface area contributed by atoms with Crippen molar-refractivity contribution in [2.24, 2.45) is 0 Å². The number of nitrogens with one attached hydrogen (secondary N) is 2. The minimum atomic E-state index is -0.192. The number of hydrogen-bond acceptors (Lipinski definition) is 4. The van der Waals surface area contributed by atoms with E-state index in [1.54, 1.807) is 23.8 Å². The number of hydrogen-bond donors (Lipinski definition) is 2. The number of fused-ring (bicyclic) bond motifs is 1. The minimum absolute atomic E-state index is 0.108. The molecular formula is C23H28N4O3. The molecule has 0 bridgehead atoms. The van der Waals surface area contributed by atoms with Gasteiger partial charge in [-0.3, -0.25) is 14.3 Å². The first kappa shape index (κ1) is 20.2. The molecule has 2 N–H and O–H groups in total. The molecule has 1 fully saturated rings. The second-order valence-corrected chi connectivity index (χ2v) is 7.73. The van der Waals surface area contributed by atoms with Crippen LogP contribution in [0.5, 0.6) is 5.75 Å². The van der Waals surface area contributed by atoms with Crippen molar-refractivity contribution in [3.63, 3.8) is 0 Å². The first-order chi connectivity index (χ1) is 14.6. The SMILES string of the molecule is CCN1CCCC1CNC(=O)c1ccc2c(c1)[nH]c(=O)n2Cc1ccc(OC)cc1. The van der Waals surface area contributed by atoms with Gasteiger partial charge in [-0.1, -0.05) is 19.1 Å². The average Bonchev–Trinajstić information content (AvgIpc) is 3.35. The lowest BCUT2D eigenvalue weighted by Gasteiger charge is -2.22. The lowest BCUT2D eigenvalue weighted by Crippen LogP contribution is -2.40. The average molecular weight is 409 g/mol. The number of likely N-dealkylation sites (N-methyl/N-ethyl adjacent to an activating group) is 1. The molecule has 0 aliphatic carbocycles. The zero-order valence-electron chi connectivity index (χ0n) is 17.5. The molecule has 3 aromatic rings. The van der Waals surface area contributed by atoms with Crippen molar-refractivity contribution in [2.75, 3.05) is 26.7 Å². The van der Waals surface area contributed by atoms with Crippen molar-refractivity contribution in [3.05, 3.63) is 64.1 Å². The quantitative estimate of drug-likeness (QED) is 0.630. The summed E-state index contributed by atoms with van der Waals surface area (Å²) in [5.74, 6) is 0.670. The van der Waals surface area contributed by atoms with Crippen LogP contribution in [0, 0.1) is 0 Å². The molecule has 30 heavy (non-hydrogen) atoms. The summed E-state index contributed by atoms with van der Waals surface area (Å²) >= 11 is 0. The predicted octanol–water partition coefficient (Wildman–Crippen LogP) is 2.60. The molecule has 158 valence electrons. The molecule has 0 saturated carbocycles. The number of aromatic amines is 1. The summed E-state index contributed by atoms with van der Waals surface area (Å²) in [4.78, 5) is 30.4. The molecule has 0 spiro atoms. The van der Waals surface area contributed by atoms with E-state index in [-0.39, 0.29) is 11.6 Å². The van der Waals surface area contributed by atoms with Crippen molar-refractivity contribution < 1.29 is 9.53 Å². The standard InChI is InChI=1S/C23H28N4O3/c1-3-26-12-4-5-18(26)14-24-22(28)17-8-11-21-20(13-17)25-23(29)27(21)15-16-6-9-19(30-2)10-7-16/h6-11,13,18H,3-5,12,14-15H2,1-2H3,(H,24,28)(H,25,29). The number of amides is 1. The smallest absolute Gasteiger partial charge is 0.326 e. The summed E-state index contributed by atoms with van der Waals surface area (Å²) in [6, 6.07) is 13.4. The van der Waals surface area contributed by atoms with Crippen molar-refractivity contribution in [2.45, 2.75) is 32.4 Å². The molecule has 0 radical (unpaired) electrons. The van der Waals surface area contributed by atoms with E-state index in [2.05, 4.69) is 22.1 Å². The van der Waals surface area contributed by atoms with E-state index < -0.39 is 0 Å². The highest BCUT2D eigenvalue weighted by Gasteiger charge is 2.23. The van der Waals surface area contributed by atoms with Crippen molar-refractivity contribution in [3.8, 4) is 5.75 Å². The maximum atomic E-state index is 12.6. The highest BCUT2D eigenvalue weighted by molar-refractivity contribution is 5.97. The van der Waals surface area contributed by atoms with Gasteiger partial charge in [-0.15, -0.1) is 0 Å². The number of methoxy groups -OCH3 is 1.